The number of nitrogens with one attached hydrogen (secondary N) is 2. The molecule has 22 heavy (non-hydrogen) atoms. The van der Waals surface area contributed by atoms with Gasteiger partial charge in [0, 0.05) is 19.1 Å². The minimum atomic E-state index is -3.47. The van der Waals surface area contributed by atoms with Gasteiger partial charge in [-0.2, -0.15) is 8.42 Å². The van der Waals surface area contributed by atoms with Crippen LogP contribution in [0.4, 0.5) is 0 Å². The molecule has 1 atom stereocenters. The lowest BCUT2D eigenvalue weighted by atomic mass is 10.1. The third kappa shape index (κ3) is 4.33. The Morgan fingerprint density at radius 1 is 1.23 bits per heavy atom. The highest BCUT2D eigenvalue weighted by atomic mass is 32.2. The Hall–Kier alpha value is -1.35. The zero-order valence-electron chi connectivity index (χ0n) is 13.1. The summed E-state index contributed by atoms with van der Waals surface area (Å²) in [6.07, 6.45) is 0.750. The molecule has 0 saturated heterocycles. The summed E-state index contributed by atoms with van der Waals surface area (Å²) < 4.78 is 39.5. The first-order chi connectivity index (χ1) is 10.4. The van der Waals surface area contributed by atoms with E-state index in [0.717, 1.165) is 12.0 Å². The zero-order valence-corrected chi connectivity index (χ0v) is 13.9. The average molecular weight is 329 g/mol. The van der Waals surface area contributed by atoms with Crippen molar-refractivity contribution < 1.29 is 17.9 Å². The van der Waals surface area contributed by atoms with Gasteiger partial charge in [0.2, 0.25) is 6.79 Å². The maximum absolute atomic E-state index is 11.8. The summed E-state index contributed by atoms with van der Waals surface area (Å²) in [6, 6.07) is 5.55. The molecule has 8 heteroatoms. The lowest BCUT2D eigenvalue weighted by molar-refractivity contribution is 0.174. The number of ether oxygens (including phenoxy) is 2. The number of hydrogen-bond acceptors (Lipinski definition) is 5. The standard InChI is InChI=1S/C14H23N3O4S/c1-4-7-15-22(18,19)16-9-12(17(2)3)11-5-6-13-14(8-11)21-10-20-13/h5-6,8,12,15-16H,4,7,9-10H2,1-3H3. The molecule has 0 bridgehead atoms. The predicted molar refractivity (Wildman–Crippen MR) is 84.2 cm³/mol. The van der Waals surface area contributed by atoms with Gasteiger partial charge in [-0.25, -0.2) is 9.44 Å². The first-order valence-electron chi connectivity index (χ1n) is 7.23. The first kappa shape index (κ1) is 17.0. The van der Waals surface area contributed by atoms with Gasteiger partial charge in [0.25, 0.3) is 10.2 Å². The van der Waals surface area contributed by atoms with Gasteiger partial charge < -0.3 is 14.4 Å². The molecule has 0 saturated carbocycles. The maximum atomic E-state index is 11.8. The summed E-state index contributed by atoms with van der Waals surface area (Å²) in [6.45, 7) is 2.83. The second-order valence-corrected chi connectivity index (χ2v) is 6.92. The van der Waals surface area contributed by atoms with Crippen molar-refractivity contribution in [3.63, 3.8) is 0 Å². The van der Waals surface area contributed by atoms with Crippen molar-refractivity contribution in [2.75, 3.05) is 34.0 Å². The van der Waals surface area contributed by atoms with Gasteiger partial charge in [0.1, 0.15) is 0 Å². The van der Waals surface area contributed by atoms with Crippen LogP contribution in [0.1, 0.15) is 24.9 Å². The highest BCUT2D eigenvalue weighted by Crippen LogP contribution is 2.34. The van der Waals surface area contributed by atoms with Crippen LogP contribution in [0.3, 0.4) is 0 Å². The van der Waals surface area contributed by atoms with E-state index in [-0.39, 0.29) is 19.4 Å². The molecule has 0 aliphatic carbocycles. The summed E-state index contributed by atoms with van der Waals surface area (Å²) in [5.41, 5.74) is 0.965. The second kappa shape index (κ2) is 7.28. The van der Waals surface area contributed by atoms with Crippen molar-refractivity contribution >= 4 is 10.2 Å². The van der Waals surface area contributed by atoms with Gasteiger partial charge >= 0.3 is 0 Å². The fourth-order valence-electron chi connectivity index (χ4n) is 2.20. The van der Waals surface area contributed by atoms with Crippen LogP contribution in [0, 0.1) is 0 Å². The van der Waals surface area contributed by atoms with E-state index in [1.807, 2.05) is 44.1 Å². The van der Waals surface area contributed by atoms with E-state index in [0.29, 0.717) is 18.0 Å². The van der Waals surface area contributed by atoms with Crippen LogP contribution in [0.25, 0.3) is 0 Å². The third-order valence-electron chi connectivity index (χ3n) is 3.41. The predicted octanol–water partition coefficient (Wildman–Crippen LogP) is 0.852. The Morgan fingerprint density at radius 2 is 1.95 bits per heavy atom. The molecule has 1 unspecified atom stereocenters. The summed E-state index contributed by atoms with van der Waals surface area (Å²) in [5.74, 6) is 1.41. The Morgan fingerprint density at radius 3 is 2.64 bits per heavy atom. The quantitative estimate of drug-likeness (QED) is 0.739. The Bertz CT molecular complexity index is 604. The van der Waals surface area contributed by atoms with Crippen LogP contribution in [-0.2, 0) is 10.2 Å². The van der Waals surface area contributed by atoms with Crippen molar-refractivity contribution in [2.45, 2.75) is 19.4 Å². The largest absolute Gasteiger partial charge is 0.454 e. The maximum Gasteiger partial charge on any atom is 0.276 e. The van der Waals surface area contributed by atoms with Crippen molar-refractivity contribution in [3.05, 3.63) is 23.8 Å². The molecule has 0 fully saturated rings. The minimum Gasteiger partial charge on any atom is -0.454 e. The molecule has 1 aromatic rings. The molecule has 1 aliphatic rings. The molecule has 0 amide bonds. The molecule has 2 rings (SSSR count). The molecule has 124 valence electrons. The van der Waals surface area contributed by atoms with E-state index < -0.39 is 10.2 Å². The Labute approximate surface area is 131 Å². The zero-order chi connectivity index (χ0) is 16.2. The highest BCUT2D eigenvalue weighted by molar-refractivity contribution is 7.87. The number of rotatable bonds is 8. The van der Waals surface area contributed by atoms with Crippen LogP contribution in [0.15, 0.2) is 18.2 Å². The second-order valence-electron chi connectivity index (χ2n) is 5.34. The molecule has 1 aliphatic heterocycles. The van der Waals surface area contributed by atoms with Crippen molar-refractivity contribution in [2.24, 2.45) is 0 Å². The van der Waals surface area contributed by atoms with Crippen LogP contribution in [0.5, 0.6) is 11.5 Å². The fourth-order valence-corrected chi connectivity index (χ4v) is 3.15. The molecule has 1 aromatic carbocycles. The molecule has 7 nitrogen and oxygen atoms in total. The van der Waals surface area contributed by atoms with Gasteiger partial charge in [0.15, 0.2) is 11.5 Å². The summed E-state index contributed by atoms with van der Waals surface area (Å²) in [7, 11) is 0.337. The van der Waals surface area contributed by atoms with Gasteiger partial charge in [-0.15, -0.1) is 0 Å². The lowest BCUT2D eigenvalue weighted by Gasteiger charge is -2.25. The topological polar surface area (TPSA) is 79.9 Å². The van der Waals surface area contributed by atoms with E-state index in [9.17, 15) is 8.42 Å². The van der Waals surface area contributed by atoms with Gasteiger partial charge in [-0.3, -0.25) is 0 Å². The Balaban J connectivity index is 2.07. The van der Waals surface area contributed by atoms with Crippen molar-refractivity contribution in [1.29, 1.82) is 0 Å². The van der Waals surface area contributed by atoms with E-state index in [1.54, 1.807) is 0 Å². The number of fused-ring (bicyclic) bond motifs is 1. The first-order valence-corrected chi connectivity index (χ1v) is 8.71. The molecule has 0 spiro atoms. The number of likely N-dealkylation sites (N-methyl/N-ethyl adjacent to an activating group) is 1. The Kier molecular flexibility index (Phi) is 5.63. The summed E-state index contributed by atoms with van der Waals surface area (Å²) >= 11 is 0. The van der Waals surface area contributed by atoms with E-state index >= 15 is 0 Å². The molecular formula is C14H23N3O4S. The average Bonchev–Trinajstić information content (AvgIpc) is 2.92. The molecule has 2 N–H and O–H groups in total. The number of hydrogen-bond donors (Lipinski definition) is 2. The lowest BCUT2D eigenvalue weighted by Crippen LogP contribution is -2.41. The van der Waals surface area contributed by atoms with Crippen LogP contribution in [0.2, 0.25) is 0 Å². The van der Waals surface area contributed by atoms with E-state index in [1.165, 1.54) is 0 Å². The van der Waals surface area contributed by atoms with Crippen molar-refractivity contribution in [1.82, 2.24) is 14.3 Å². The summed E-state index contributed by atoms with van der Waals surface area (Å²) in [4.78, 5) is 1.96. The van der Waals surface area contributed by atoms with Gasteiger partial charge in [0.05, 0.1) is 0 Å². The van der Waals surface area contributed by atoms with Gasteiger partial charge in [-0.05, 0) is 38.2 Å². The SMILES string of the molecule is CCCNS(=O)(=O)NCC(c1ccc2c(c1)OCO2)N(C)C. The van der Waals surface area contributed by atoms with Gasteiger partial charge in [-0.1, -0.05) is 13.0 Å². The van der Waals surface area contributed by atoms with Crippen LogP contribution in [-0.4, -0.2) is 47.3 Å². The molecule has 0 aromatic heterocycles. The van der Waals surface area contributed by atoms with E-state index in [4.69, 9.17) is 9.47 Å². The van der Waals surface area contributed by atoms with Crippen LogP contribution < -0.4 is 18.9 Å². The highest BCUT2D eigenvalue weighted by Gasteiger charge is 2.21. The molecule has 0 radical (unpaired) electrons. The monoisotopic (exact) mass is 329 g/mol. The van der Waals surface area contributed by atoms with Crippen LogP contribution >= 0.6 is 0 Å². The van der Waals surface area contributed by atoms with Crippen molar-refractivity contribution in [3.8, 4) is 11.5 Å². The number of nitrogens with zero attached hydrogens (tertiary/aromatic N) is 1. The van der Waals surface area contributed by atoms with E-state index in [2.05, 4.69) is 9.44 Å². The normalized spacial score (nSPS) is 15.3. The molecular weight excluding hydrogens is 306 g/mol. The number of benzene rings is 1. The third-order valence-corrected chi connectivity index (χ3v) is 4.54. The summed E-state index contributed by atoms with van der Waals surface area (Å²) in [5, 5.41) is 0. The molecule has 1 heterocycles. The minimum absolute atomic E-state index is 0.104. The fraction of sp³-hybridized carbons (Fsp3) is 0.571. The smallest absolute Gasteiger partial charge is 0.276 e.